The van der Waals surface area contributed by atoms with Crippen LogP contribution in [0.25, 0.3) is 0 Å². The van der Waals surface area contributed by atoms with E-state index in [0.29, 0.717) is 11.8 Å². The van der Waals surface area contributed by atoms with Gasteiger partial charge in [0.05, 0.1) is 6.04 Å². The number of carbonyl (C=O) groups excluding carboxylic acids is 1. The van der Waals surface area contributed by atoms with Gasteiger partial charge in [-0.15, -0.1) is 0 Å². The third-order valence-corrected chi connectivity index (χ3v) is 3.45. The van der Waals surface area contributed by atoms with Crippen molar-refractivity contribution in [2.45, 2.75) is 18.4 Å². The van der Waals surface area contributed by atoms with E-state index >= 15 is 0 Å². The van der Waals surface area contributed by atoms with E-state index < -0.39 is 0 Å². The van der Waals surface area contributed by atoms with Crippen LogP contribution in [0.5, 0.6) is 0 Å². The number of amides is 1. The Morgan fingerprint density at radius 2 is 2.40 bits per heavy atom. The van der Waals surface area contributed by atoms with Crippen molar-refractivity contribution in [1.29, 1.82) is 0 Å². The molecule has 3 rings (SSSR count). The Kier molecular flexibility index (Phi) is 1.65. The van der Waals surface area contributed by atoms with Crippen molar-refractivity contribution >= 4 is 11.7 Å². The first kappa shape index (κ1) is 8.85. The lowest BCUT2D eigenvalue weighted by atomic mass is 10.1. The van der Waals surface area contributed by atoms with E-state index in [1.165, 1.54) is 5.56 Å². The number of fused-ring (bicyclic) bond motifs is 3. The molecule has 1 aromatic heterocycles. The molecule has 1 amide bonds. The predicted molar refractivity (Wildman–Crippen MR) is 56.5 cm³/mol. The van der Waals surface area contributed by atoms with Crippen LogP contribution in [-0.4, -0.2) is 24.0 Å². The molecule has 1 saturated carbocycles. The number of aromatic nitrogens is 1. The lowest BCUT2D eigenvalue weighted by molar-refractivity contribution is -0.119. The summed E-state index contributed by atoms with van der Waals surface area (Å²) in [7, 11) is 1.75. The molecule has 78 valence electrons. The highest BCUT2D eigenvalue weighted by atomic mass is 16.2. The fraction of sp³-hybridized carbons (Fsp3) is 0.455. The van der Waals surface area contributed by atoms with Crippen LogP contribution in [0.15, 0.2) is 18.3 Å². The molecule has 0 aromatic carbocycles. The van der Waals surface area contributed by atoms with Crippen LogP contribution in [0.2, 0.25) is 0 Å². The van der Waals surface area contributed by atoms with Crippen molar-refractivity contribution in [3.05, 3.63) is 23.9 Å². The average molecular weight is 203 g/mol. The van der Waals surface area contributed by atoms with Gasteiger partial charge in [-0.05, 0) is 29.9 Å². The summed E-state index contributed by atoms with van der Waals surface area (Å²) in [6.07, 6.45) is 2.75. The monoisotopic (exact) mass is 203 g/mol. The number of hydrogen-bond acceptors (Lipinski definition) is 3. The molecule has 1 aliphatic heterocycles. The Morgan fingerprint density at radius 3 is 3.20 bits per heavy atom. The van der Waals surface area contributed by atoms with Crippen molar-refractivity contribution in [3.8, 4) is 0 Å². The van der Waals surface area contributed by atoms with Gasteiger partial charge in [0.25, 0.3) is 0 Å². The molecule has 1 aromatic rings. The first-order valence-electron chi connectivity index (χ1n) is 5.18. The number of pyridine rings is 1. The molecule has 0 radical (unpaired) electrons. The van der Waals surface area contributed by atoms with Gasteiger partial charge in [-0.2, -0.15) is 0 Å². The molecule has 4 heteroatoms. The van der Waals surface area contributed by atoms with Gasteiger partial charge < -0.3 is 5.73 Å². The smallest absolute Gasteiger partial charge is 0.245 e. The Labute approximate surface area is 88.1 Å². The van der Waals surface area contributed by atoms with Gasteiger partial charge in [-0.25, -0.2) is 4.98 Å². The number of nitrogens with two attached hydrogens (primary N) is 1. The number of anilines is 1. The number of nitrogens with zero attached hydrogens (tertiary/aromatic N) is 2. The lowest BCUT2D eigenvalue weighted by Gasteiger charge is -2.19. The minimum Gasteiger partial charge on any atom is -0.320 e. The van der Waals surface area contributed by atoms with E-state index in [4.69, 9.17) is 5.73 Å². The molecule has 15 heavy (non-hydrogen) atoms. The largest absolute Gasteiger partial charge is 0.320 e. The zero-order valence-electron chi connectivity index (χ0n) is 8.55. The summed E-state index contributed by atoms with van der Waals surface area (Å²) in [5.41, 5.74) is 7.09. The molecule has 1 unspecified atom stereocenters. The number of rotatable bonds is 0. The lowest BCUT2D eigenvalue weighted by Crippen LogP contribution is -2.42. The topological polar surface area (TPSA) is 59.2 Å². The molecule has 2 aliphatic rings. The maximum absolute atomic E-state index is 11.9. The van der Waals surface area contributed by atoms with Crippen LogP contribution >= 0.6 is 0 Å². The van der Waals surface area contributed by atoms with Crippen LogP contribution < -0.4 is 10.6 Å². The Morgan fingerprint density at radius 1 is 1.60 bits per heavy atom. The number of carbonyl (C=O) groups is 1. The predicted octanol–water partition coefficient (Wildman–Crippen LogP) is 0.489. The number of likely N-dealkylation sites (N-methyl/N-ethyl adjacent to an activating group) is 1. The molecule has 3 atom stereocenters. The van der Waals surface area contributed by atoms with Gasteiger partial charge >= 0.3 is 0 Å². The Bertz CT molecular complexity index is 432. The quantitative estimate of drug-likeness (QED) is 0.667. The van der Waals surface area contributed by atoms with E-state index in [2.05, 4.69) is 11.1 Å². The van der Waals surface area contributed by atoms with E-state index in [1.807, 2.05) is 6.07 Å². The second-order valence-corrected chi connectivity index (χ2v) is 4.35. The van der Waals surface area contributed by atoms with Crippen LogP contribution in [0.1, 0.15) is 17.9 Å². The Hall–Kier alpha value is -1.42. The third-order valence-electron chi connectivity index (χ3n) is 3.45. The summed E-state index contributed by atoms with van der Waals surface area (Å²) < 4.78 is 0. The molecule has 0 spiro atoms. The van der Waals surface area contributed by atoms with E-state index in [0.717, 1.165) is 12.2 Å². The SMILES string of the molecule is CN1C(=O)C(N)[C@H]2C[C@H]2c2cccnc21. The maximum atomic E-state index is 11.9. The molecular weight excluding hydrogens is 190 g/mol. The standard InChI is InChI=1S/C11H13N3O/c1-14-10-6(3-2-4-13-10)7-5-8(7)9(12)11(14)15/h2-4,7-9H,5,12H2,1H3/t7-,8-,9?/m0/s1. The Balaban J connectivity index is 2.14. The zero-order valence-corrected chi connectivity index (χ0v) is 8.55. The summed E-state index contributed by atoms with van der Waals surface area (Å²) in [6.45, 7) is 0. The van der Waals surface area contributed by atoms with Gasteiger partial charge in [-0.1, -0.05) is 6.07 Å². The number of hydrogen-bond donors (Lipinski definition) is 1. The molecular formula is C11H13N3O. The molecule has 2 N–H and O–H groups in total. The molecule has 4 nitrogen and oxygen atoms in total. The average Bonchev–Trinajstić information content (AvgIpc) is 3.05. The second kappa shape index (κ2) is 2.79. The van der Waals surface area contributed by atoms with Crippen LogP contribution in [0.4, 0.5) is 5.82 Å². The molecule has 0 bridgehead atoms. The van der Waals surface area contributed by atoms with Crippen molar-refractivity contribution < 1.29 is 4.79 Å². The van der Waals surface area contributed by atoms with E-state index in [-0.39, 0.29) is 11.9 Å². The van der Waals surface area contributed by atoms with Crippen LogP contribution in [0, 0.1) is 5.92 Å². The summed E-state index contributed by atoms with van der Waals surface area (Å²) in [5, 5.41) is 0. The normalized spacial score (nSPS) is 33.1. The summed E-state index contributed by atoms with van der Waals surface area (Å²) in [4.78, 5) is 17.8. The van der Waals surface area contributed by atoms with E-state index in [1.54, 1.807) is 18.1 Å². The highest BCUT2D eigenvalue weighted by molar-refractivity contribution is 5.98. The summed E-state index contributed by atoms with van der Waals surface area (Å²) in [5.74, 6) is 1.53. The van der Waals surface area contributed by atoms with Crippen molar-refractivity contribution in [1.82, 2.24) is 4.98 Å². The minimum atomic E-state index is -0.353. The third kappa shape index (κ3) is 1.11. The van der Waals surface area contributed by atoms with Crippen molar-refractivity contribution in [3.63, 3.8) is 0 Å². The molecule has 1 aliphatic carbocycles. The minimum absolute atomic E-state index is 0.0139. The maximum Gasteiger partial charge on any atom is 0.245 e. The summed E-state index contributed by atoms with van der Waals surface area (Å²) >= 11 is 0. The molecule has 2 heterocycles. The fourth-order valence-corrected chi connectivity index (χ4v) is 2.46. The first-order valence-corrected chi connectivity index (χ1v) is 5.18. The van der Waals surface area contributed by atoms with Crippen molar-refractivity contribution in [2.75, 3.05) is 11.9 Å². The zero-order chi connectivity index (χ0) is 10.6. The van der Waals surface area contributed by atoms with Crippen LogP contribution in [-0.2, 0) is 4.79 Å². The first-order chi connectivity index (χ1) is 7.20. The highest BCUT2D eigenvalue weighted by Crippen LogP contribution is 2.53. The van der Waals surface area contributed by atoms with Gasteiger partial charge in [0, 0.05) is 13.2 Å². The highest BCUT2D eigenvalue weighted by Gasteiger charge is 2.50. The van der Waals surface area contributed by atoms with Gasteiger partial charge in [0.1, 0.15) is 5.82 Å². The van der Waals surface area contributed by atoms with Crippen LogP contribution in [0.3, 0.4) is 0 Å². The fourth-order valence-electron chi connectivity index (χ4n) is 2.46. The van der Waals surface area contributed by atoms with E-state index in [9.17, 15) is 4.79 Å². The summed E-state index contributed by atoms with van der Waals surface area (Å²) in [6, 6.07) is 3.62. The van der Waals surface area contributed by atoms with Gasteiger partial charge in [-0.3, -0.25) is 9.69 Å². The second-order valence-electron chi connectivity index (χ2n) is 4.35. The van der Waals surface area contributed by atoms with Gasteiger partial charge in [0.15, 0.2) is 0 Å². The van der Waals surface area contributed by atoms with Crippen molar-refractivity contribution in [2.24, 2.45) is 11.7 Å². The van der Waals surface area contributed by atoms with Gasteiger partial charge in [0.2, 0.25) is 5.91 Å². The molecule has 0 saturated heterocycles. The molecule has 1 fully saturated rings.